The first-order chi connectivity index (χ1) is 8.34. The van der Waals surface area contributed by atoms with Crippen molar-refractivity contribution in [3.05, 3.63) is 59.9 Å². The van der Waals surface area contributed by atoms with Crippen LogP contribution in [-0.4, -0.2) is 10.1 Å². The highest BCUT2D eigenvalue weighted by Crippen LogP contribution is 2.31. The summed E-state index contributed by atoms with van der Waals surface area (Å²) in [4.78, 5) is 4.12. The Labute approximate surface area is 100 Å². The Morgan fingerprint density at radius 3 is 2.94 bits per heavy atom. The van der Waals surface area contributed by atoms with Gasteiger partial charge < -0.3 is 5.11 Å². The summed E-state index contributed by atoms with van der Waals surface area (Å²) in [6, 6.07) is 10.1. The first-order valence-corrected chi connectivity index (χ1v) is 5.73. The Hall–Kier alpha value is -1.93. The maximum absolute atomic E-state index is 9.86. The van der Waals surface area contributed by atoms with E-state index in [0.717, 1.165) is 22.3 Å². The van der Waals surface area contributed by atoms with E-state index in [0.29, 0.717) is 6.42 Å². The number of aliphatic hydroxyl groups excluding tert-OH is 1. The molecule has 1 aliphatic carbocycles. The van der Waals surface area contributed by atoms with Gasteiger partial charge in [-0.3, -0.25) is 4.98 Å². The van der Waals surface area contributed by atoms with Crippen molar-refractivity contribution in [1.82, 2.24) is 4.98 Å². The molecule has 2 nitrogen and oxygen atoms in total. The third-order valence-electron chi connectivity index (χ3n) is 3.10. The van der Waals surface area contributed by atoms with E-state index in [-0.39, 0.29) is 6.10 Å². The van der Waals surface area contributed by atoms with Gasteiger partial charge in [0.25, 0.3) is 0 Å². The van der Waals surface area contributed by atoms with Crippen LogP contribution in [0.15, 0.2) is 48.8 Å². The molecule has 1 aromatic carbocycles. The predicted octanol–water partition coefficient (Wildman–Crippen LogP) is 3.20. The van der Waals surface area contributed by atoms with Crippen LogP contribution in [-0.2, 0) is 0 Å². The van der Waals surface area contributed by atoms with Crippen molar-refractivity contribution in [2.75, 3.05) is 0 Å². The fourth-order valence-electron chi connectivity index (χ4n) is 2.19. The number of fused-ring (bicyclic) bond motifs is 1. The van der Waals surface area contributed by atoms with Crippen molar-refractivity contribution in [3.63, 3.8) is 0 Å². The van der Waals surface area contributed by atoms with Gasteiger partial charge in [-0.1, -0.05) is 30.4 Å². The second-order valence-corrected chi connectivity index (χ2v) is 4.24. The predicted molar refractivity (Wildman–Crippen MR) is 68.3 cm³/mol. The smallest absolute Gasteiger partial charge is 0.0830 e. The third kappa shape index (κ3) is 1.87. The van der Waals surface area contributed by atoms with Crippen LogP contribution in [0.25, 0.3) is 17.2 Å². The lowest BCUT2D eigenvalue weighted by Crippen LogP contribution is -2.02. The summed E-state index contributed by atoms with van der Waals surface area (Å²) in [6.45, 7) is 0. The molecule has 0 bridgehead atoms. The van der Waals surface area contributed by atoms with Crippen molar-refractivity contribution in [2.24, 2.45) is 0 Å². The number of aromatic nitrogens is 1. The number of rotatable bonds is 1. The average molecular weight is 223 g/mol. The highest BCUT2D eigenvalue weighted by atomic mass is 16.3. The third-order valence-corrected chi connectivity index (χ3v) is 3.10. The maximum atomic E-state index is 9.86. The molecule has 2 heteroatoms. The van der Waals surface area contributed by atoms with Crippen LogP contribution < -0.4 is 0 Å². The van der Waals surface area contributed by atoms with Crippen molar-refractivity contribution < 1.29 is 5.11 Å². The monoisotopic (exact) mass is 223 g/mol. The Bertz CT molecular complexity index is 560. The van der Waals surface area contributed by atoms with Crippen LogP contribution in [0.5, 0.6) is 0 Å². The molecule has 0 radical (unpaired) electrons. The van der Waals surface area contributed by atoms with Gasteiger partial charge in [0, 0.05) is 18.0 Å². The minimum absolute atomic E-state index is 0.363. The fraction of sp³-hybridized carbons (Fsp3) is 0.133. The van der Waals surface area contributed by atoms with Gasteiger partial charge in [-0.2, -0.15) is 0 Å². The van der Waals surface area contributed by atoms with E-state index in [1.807, 2.05) is 36.5 Å². The zero-order valence-electron chi connectivity index (χ0n) is 9.38. The standard InChI is InChI=1S/C15H13NO/c17-15-5-1-3-12-9-11(6-7-14(12)15)13-4-2-8-16-10-13/h1-4,6-10,15,17H,5H2. The van der Waals surface area contributed by atoms with Crippen LogP contribution in [0.3, 0.4) is 0 Å². The summed E-state index contributed by atoms with van der Waals surface area (Å²) in [5, 5.41) is 9.86. The molecule has 1 aliphatic rings. The SMILES string of the molecule is OC1CC=Cc2cc(-c3cccnc3)ccc21. The second-order valence-electron chi connectivity index (χ2n) is 4.24. The summed E-state index contributed by atoms with van der Waals surface area (Å²) >= 11 is 0. The Kier molecular flexibility index (Phi) is 2.50. The molecule has 17 heavy (non-hydrogen) atoms. The van der Waals surface area contributed by atoms with Crippen molar-refractivity contribution in [2.45, 2.75) is 12.5 Å². The van der Waals surface area contributed by atoms with Gasteiger partial charge >= 0.3 is 0 Å². The Morgan fingerprint density at radius 2 is 2.12 bits per heavy atom. The Morgan fingerprint density at radius 1 is 1.18 bits per heavy atom. The van der Waals surface area contributed by atoms with Gasteiger partial charge in [0.2, 0.25) is 0 Å². The molecule has 2 aromatic rings. The van der Waals surface area contributed by atoms with Crippen LogP contribution in [0.1, 0.15) is 23.7 Å². The molecule has 1 atom stereocenters. The zero-order valence-corrected chi connectivity index (χ0v) is 9.38. The molecule has 0 fully saturated rings. The quantitative estimate of drug-likeness (QED) is 0.805. The van der Waals surface area contributed by atoms with Gasteiger partial charge in [0.15, 0.2) is 0 Å². The summed E-state index contributed by atoms with van der Waals surface area (Å²) in [5.74, 6) is 0. The van der Waals surface area contributed by atoms with Crippen LogP contribution >= 0.6 is 0 Å². The number of aliphatic hydroxyl groups is 1. The molecule has 1 N–H and O–H groups in total. The van der Waals surface area contributed by atoms with Gasteiger partial charge in [0.1, 0.15) is 0 Å². The van der Waals surface area contributed by atoms with Gasteiger partial charge in [-0.05, 0) is 35.2 Å². The number of hydrogen-bond donors (Lipinski definition) is 1. The molecule has 0 aliphatic heterocycles. The van der Waals surface area contributed by atoms with E-state index in [9.17, 15) is 5.11 Å². The summed E-state index contributed by atoms with van der Waals surface area (Å²) in [5.41, 5.74) is 4.35. The summed E-state index contributed by atoms with van der Waals surface area (Å²) < 4.78 is 0. The average Bonchev–Trinajstić information content (AvgIpc) is 2.40. The first kappa shape index (κ1) is 10.2. The molecule has 1 aromatic heterocycles. The van der Waals surface area contributed by atoms with E-state index in [1.165, 1.54) is 0 Å². The normalized spacial score (nSPS) is 17.8. The largest absolute Gasteiger partial charge is 0.388 e. The number of benzene rings is 1. The lowest BCUT2D eigenvalue weighted by atomic mass is 9.92. The lowest BCUT2D eigenvalue weighted by Gasteiger charge is -2.17. The summed E-state index contributed by atoms with van der Waals surface area (Å²) in [7, 11) is 0. The minimum Gasteiger partial charge on any atom is -0.388 e. The van der Waals surface area contributed by atoms with Crippen LogP contribution in [0.2, 0.25) is 0 Å². The highest BCUT2D eigenvalue weighted by molar-refractivity contribution is 5.69. The van der Waals surface area contributed by atoms with Crippen molar-refractivity contribution >= 4 is 6.08 Å². The van der Waals surface area contributed by atoms with E-state index in [4.69, 9.17) is 0 Å². The molecule has 0 saturated carbocycles. The van der Waals surface area contributed by atoms with E-state index < -0.39 is 0 Å². The summed E-state index contributed by atoms with van der Waals surface area (Å²) in [6.07, 6.45) is 8.05. The second kappa shape index (κ2) is 4.15. The molecule has 3 rings (SSSR count). The number of hydrogen-bond acceptors (Lipinski definition) is 2. The van der Waals surface area contributed by atoms with Crippen LogP contribution in [0, 0.1) is 0 Å². The van der Waals surface area contributed by atoms with Crippen molar-refractivity contribution in [3.8, 4) is 11.1 Å². The number of nitrogens with zero attached hydrogens (tertiary/aromatic N) is 1. The molecule has 84 valence electrons. The number of pyridine rings is 1. The molecule has 1 unspecified atom stereocenters. The minimum atomic E-state index is -0.363. The highest BCUT2D eigenvalue weighted by Gasteiger charge is 2.14. The molecule has 0 amide bonds. The van der Waals surface area contributed by atoms with Gasteiger partial charge in [0.05, 0.1) is 6.10 Å². The lowest BCUT2D eigenvalue weighted by molar-refractivity contribution is 0.180. The van der Waals surface area contributed by atoms with Gasteiger partial charge in [-0.25, -0.2) is 0 Å². The van der Waals surface area contributed by atoms with Crippen molar-refractivity contribution in [1.29, 1.82) is 0 Å². The van der Waals surface area contributed by atoms with Gasteiger partial charge in [-0.15, -0.1) is 0 Å². The molecule has 0 spiro atoms. The molecular formula is C15H13NO. The zero-order chi connectivity index (χ0) is 11.7. The first-order valence-electron chi connectivity index (χ1n) is 5.73. The maximum Gasteiger partial charge on any atom is 0.0830 e. The molecule has 1 heterocycles. The molecule has 0 saturated heterocycles. The van der Waals surface area contributed by atoms with E-state index in [2.05, 4.69) is 17.1 Å². The fourth-order valence-corrected chi connectivity index (χ4v) is 2.19. The van der Waals surface area contributed by atoms with E-state index in [1.54, 1.807) is 6.20 Å². The van der Waals surface area contributed by atoms with E-state index >= 15 is 0 Å². The topological polar surface area (TPSA) is 33.1 Å². The van der Waals surface area contributed by atoms with Crippen LogP contribution in [0.4, 0.5) is 0 Å². The molecular weight excluding hydrogens is 210 g/mol. The Balaban J connectivity index is 2.08.